The van der Waals surface area contributed by atoms with Crippen LogP contribution >= 0.6 is 0 Å². The third-order valence-corrected chi connectivity index (χ3v) is 6.77. The van der Waals surface area contributed by atoms with Gasteiger partial charge in [0.15, 0.2) is 0 Å². The average molecular weight is 475 g/mol. The molecule has 2 aromatic heterocycles. The van der Waals surface area contributed by atoms with E-state index in [2.05, 4.69) is 60.7 Å². The number of nitrogens with zero attached hydrogens (tertiary/aromatic N) is 3. The standard InChI is InChI=1S/C31H30N4O/c1-4-23-14-16-25(17-15-23)35-22(3)28(20-33-35)30-18-27(26-12-8-9-13-29(26)34-30)31(36)32-19-21(2)24-10-6-5-7-11-24/h5-18,20-21H,4,19H2,1-3H3,(H,32,36). The van der Waals surface area contributed by atoms with E-state index in [0.717, 1.165) is 40.0 Å². The van der Waals surface area contributed by atoms with Gasteiger partial charge in [0, 0.05) is 17.5 Å². The highest BCUT2D eigenvalue weighted by atomic mass is 16.1. The van der Waals surface area contributed by atoms with Crippen molar-refractivity contribution in [3.63, 3.8) is 0 Å². The van der Waals surface area contributed by atoms with Gasteiger partial charge in [-0.05, 0) is 54.7 Å². The zero-order chi connectivity index (χ0) is 25.1. The molecule has 5 heteroatoms. The minimum Gasteiger partial charge on any atom is -0.351 e. The number of aromatic nitrogens is 3. The lowest BCUT2D eigenvalue weighted by molar-refractivity contribution is 0.0953. The van der Waals surface area contributed by atoms with Crippen molar-refractivity contribution < 1.29 is 4.79 Å². The summed E-state index contributed by atoms with van der Waals surface area (Å²) in [6.07, 6.45) is 2.83. The molecule has 0 bridgehead atoms. The number of pyridine rings is 1. The van der Waals surface area contributed by atoms with E-state index in [9.17, 15) is 4.79 Å². The van der Waals surface area contributed by atoms with Crippen molar-refractivity contribution in [1.82, 2.24) is 20.1 Å². The van der Waals surface area contributed by atoms with Crippen LogP contribution < -0.4 is 5.32 Å². The highest BCUT2D eigenvalue weighted by molar-refractivity contribution is 6.07. The second-order valence-corrected chi connectivity index (χ2v) is 9.17. The summed E-state index contributed by atoms with van der Waals surface area (Å²) < 4.78 is 1.92. The number of fused-ring (bicyclic) bond motifs is 1. The summed E-state index contributed by atoms with van der Waals surface area (Å²) in [6.45, 7) is 6.86. The molecule has 0 aliphatic rings. The Balaban J connectivity index is 1.47. The summed E-state index contributed by atoms with van der Waals surface area (Å²) in [5, 5.41) is 8.62. The first-order valence-electron chi connectivity index (χ1n) is 12.4. The van der Waals surface area contributed by atoms with Crippen LogP contribution in [-0.4, -0.2) is 27.2 Å². The van der Waals surface area contributed by atoms with Crippen LogP contribution in [0.25, 0.3) is 27.8 Å². The molecule has 0 aliphatic heterocycles. The monoisotopic (exact) mass is 474 g/mol. The molecular formula is C31H30N4O. The Labute approximate surface area is 211 Å². The molecule has 1 N–H and O–H groups in total. The molecule has 0 fully saturated rings. The quantitative estimate of drug-likeness (QED) is 0.293. The maximum atomic E-state index is 13.4. The van der Waals surface area contributed by atoms with Crippen LogP contribution in [0.1, 0.15) is 46.9 Å². The van der Waals surface area contributed by atoms with E-state index < -0.39 is 0 Å². The summed E-state index contributed by atoms with van der Waals surface area (Å²) in [5.74, 6) is 0.111. The van der Waals surface area contributed by atoms with Gasteiger partial charge < -0.3 is 5.32 Å². The molecule has 1 atom stereocenters. The summed E-state index contributed by atoms with van der Waals surface area (Å²) in [6, 6.07) is 28.3. The highest BCUT2D eigenvalue weighted by Crippen LogP contribution is 2.28. The summed E-state index contributed by atoms with van der Waals surface area (Å²) in [5.41, 5.74) is 7.53. The molecular weight excluding hydrogens is 444 g/mol. The molecule has 5 rings (SSSR count). The Bertz CT molecular complexity index is 1500. The van der Waals surface area contributed by atoms with Crippen LogP contribution in [0.2, 0.25) is 0 Å². The van der Waals surface area contributed by atoms with Gasteiger partial charge in [-0.25, -0.2) is 9.67 Å². The molecule has 0 radical (unpaired) electrons. The van der Waals surface area contributed by atoms with Crippen molar-refractivity contribution in [3.05, 3.63) is 114 Å². The molecule has 3 aromatic carbocycles. The lowest BCUT2D eigenvalue weighted by Crippen LogP contribution is -2.27. The number of amides is 1. The van der Waals surface area contributed by atoms with Crippen molar-refractivity contribution in [3.8, 4) is 16.9 Å². The second-order valence-electron chi connectivity index (χ2n) is 9.17. The predicted octanol–water partition coefficient (Wildman–Crippen LogP) is 6.49. The van der Waals surface area contributed by atoms with Gasteiger partial charge in [-0.15, -0.1) is 0 Å². The Kier molecular flexibility index (Phi) is 6.63. The van der Waals surface area contributed by atoms with Crippen molar-refractivity contribution in [2.45, 2.75) is 33.1 Å². The fourth-order valence-electron chi connectivity index (χ4n) is 4.54. The number of carbonyl (C=O) groups is 1. The van der Waals surface area contributed by atoms with Crippen molar-refractivity contribution in [2.24, 2.45) is 0 Å². The van der Waals surface area contributed by atoms with Gasteiger partial charge in [-0.1, -0.05) is 74.5 Å². The molecule has 5 nitrogen and oxygen atoms in total. The van der Waals surface area contributed by atoms with E-state index in [1.807, 2.05) is 66.3 Å². The van der Waals surface area contributed by atoms with Gasteiger partial charge in [0.05, 0.1) is 34.4 Å². The van der Waals surface area contributed by atoms with Gasteiger partial charge in [0.2, 0.25) is 0 Å². The zero-order valence-corrected chi connectivity index (χ0v) is 20.9. The highest BCUT2D eigenvalue weighted by Gasteiger charge is 2.18. The molecule has 1 unspecified atom stereocenters. The summed E-state index contributed by atoms with van der Waals surface area (Å²) >= 11 is 0. The number of para-hydroxylation sites is 1. The lowest BCUT2D eigenvalue weighted by atomic mass is 10.0. The number of aryl methyl sites for hydroxylation is 1. The van der Waals surface area contributed by atoms with Crippen LogP contribution in [0, 0.1) is 6.92 Å². The topological polar surface area (TPSA) is 59.8 Å². The SMILES string of the molecule is CCc1ccc(-n2ncc(-c3cc(C(=O)NCC(C)c4ccccc4)c4ccccc4n3)c2C)cc1. The fourth-order valence-corrected chi connectivity index (χ4v) is 4.54. The first-order chi connectivity index (χ1) is 17.5. The van der Waals surface area contributed by atoms with Gasteiger partial charge >= 0.3 is 0 Å². The maximum absolute atomic E-state index is 13.4. The number of hydrogen-bond donors (Lipinski definition) is 1. The number of rotatable bonds is 7. The van der Waals surface area contributed by atoms with Gasteiger partial charge in [0.1, 0.15) is 0 Å². The lowest BCUT2D eigenvalue weighted by Gasteiger charge is -2.14. The second kappa shape index (κ2) is 10.2. The van der Waals surface area contributed by atoms with Crippen molar-refractivity contribution >= 4 is 16.8 Å². The van der Waals surface area contributed by atoms with E-state index in [1.165, 1.54) is 11.1 Å². The number of benzene rings is 3. The van der Waals surface area contributed by atoms with Crippen molar-refractivity contribution in [2.75, 3.05) is 6.54 Å². The van der Waals surface area contributed by atoms with Crippen LogP contribution in [0.5, 0.6) is 0 Å². The first-order valence-corrected chi connectivity index (χ1v) is 12.4. The number of hydrogen-bond acceptors (Lipinski definition) is 3. The molecule has 5 aromatic rings. The minimum atomic E-state index is -0.0992. The largest absolute Gasteiger partial charge is 0.351 e. The molecule has 0 aliphatic carbocycles. The molecule has 0 saturated heterocycles. The maximum Gasteiger partial charge on any atom is 0.252 e. The minimum absolute atomic E-state index is 0.0992. The van der Waals surface area contributed by atoms with Crippen LogP contribution in [-0.2, 0) is 6.42 Å². The average Bonchev–Trinajstić information content (AvgIpc) is 3.32. The third-order valence-electron chi connectivity index (χ3n) is 6.77. The predicted molar refractivity (Wildman–Crippen MR) is 146 cm³/mol. The number of nitrogens with one attached hydrogen (secondary N) is 1. The smallest absolute Gasteiger partial charge is 0.252 e. The van der Waals surface area contributed by atoms with Gasteiger partial charge in [-0.2, -0.15) is 5.10 Å². The third kappa shape index (κ3) is 4.65. The normalized spacial score (nSPS) is 12.0. The molecule has 0 saturated carbocycles. The van der Waals surface area contributed by atoms with Crippen LogP contribution in [0.4, 0.5) is 0 Å². The van der Waals surface area contributed by atoms with E-state index in [1.54, 1.807) is 0 Å². The molecule has 180 valence electrons. The molecule has 2 heterocycles. The van der Waals surface area contributed by atoms with Crippen LogP contribution in [0.3, 0.4) is 0 Å². The Hall–Kier alpha value is -4.25. The molecule has 36 heavy (non-hydrogen) atoms. The molecule has 1 amide bonds. The first kappa shape index (κ1) is 23.5. The van der Waals surface area contributed by atoms with E-state index in [-0.39, 0.29) is 11.8 Å². The van der Waals surface area contributed by atoms with Gasteiger partial charge in [-0.3, -0.25) is 4.79 Å². The summed E-state index contributed by atoms with van der Waals surface area (Å²) in [4.78, 5) is 18.3. The Morgan fingerprint density at radius 1 is 0.972 bits per heavy atom. The molecule has 0 spiro atoms. The Morgan fingerprint density at radius 2 is 1.69 bits per heavy atom. The Morgan fingerprint density at radius 3 is 2.44 bits per heavy atom. The van der Waals surface area contributed by atoms with Gasteiger partial charge in [0.25, 0.3) is 5.91 Å². The van der Waals surface area contributed by atoms with Crippen molar-refractivity contribution in [1.29, 1.82) is 0 Å². The van der Waals surface area contributed by atoms with Crippen LogP contribution in [0.15, 0.2) is 91.1 Å². The van der Waals surface area contributed by atoms with E-state index in [4.69, 9.17) is 4.98 Å². The van der Waals surface area contributed by atoms with E-state index in [0.29, 0.717) is 12.1 Å². The number of carbonyl (C=O) groups excluding carboxylic acids is 1. The summed E-state index contributed by atoms with van der Waals surface area (Å²) in [7, 11) is 0. The van der Waals surface area contributed by atoms with E-state index >= 15 is 0 Å². The zero-order valence-electron chi connectivity index (χ0n) is 20.9. The fraction of sp³-hybridized carbons (Fsp3) is 0.194.